The Kier molecular flexibility index (Phi) is 15.2. The van der Waals surface area contributed by atoms with E-state index in [0.29, 0.717) is 43.4 Å². The number of ether oxygens (including phenoxy) is 8. The summed E-state index contributed by atoms with van der Waals surface area (Å²) >= 11 is 6.81. The van der Waals surface area contributed by atoms with E-state index in [1.807, 2.05) is 49.4 Å². The van der Waals surface area contributed by atoms with Crippen LogP contribution in [0, 0.1) is 5.41 Å². The van der Waals surface area contributed by atoms with E-state index in [1.165, 1.54) is 0 Å². The first kappa shape index (κ1) is 41.0. The van der Waals surface area contributed by atoms with Gasteiger partial charge in [0, 0.05) is 30.4 Å². The van der Waals surface area contributed by atoms with E-state index < -0.39 is 53.8 Å². The van der Waals surface area contributed by atoms with E-state index >= 15 is 0 Å². The lowest BCUT2D eigenvalue weighted by molar-refractivity contribution is -0.342. The van der Waals surface area contributed by atoms with Gasteiger partial charge in [0.15, 0.2) is 0 Å². The molecule has 10 nitrogen and oxygen atoms in total. The van der Waals surface area contributed by atoms with Gasteiger partial charge in [-0.05, 0) is 88.8 Å². The first-order valence-electron chi connectivity index (χ1n) is 18.5. The van der Waals surface area contributed by atoms with Gasteiger partial charge in [0.05, 0.1) is 18.6 Å². The standard InChI is InChI=1S/C40H57ClO10/c1-8-12-21-45-33-34(46-22-13-9-2)39(37(43)49-27-48-36(42)38(5,6)7)26-50-40(51-39,35(33)47-23-14-10-3)30-17-20-32(41)29(25-30)24-28-15-18-31(19-16-28)44-11-4/h15-20,25,33-35H,8-14,21-24,26-27H2,1-7H3/t33-,34-,35+,39-,40-/m0/s1. The molecule has 2 bridgehead atoms. The van der Waals surface area contributed by atoms with E-state index in [1.54, 1.807) is 20.8 Å². The average Bonchev–Trinajstić information content (AvgIpc) is 3.47. The second-order valence-corrected chi connectivity index (χ2v) is 14.6. The summed E-state index contributed by atoms with van der Waals surface area (Å²) in [7, 11) is 0. The van der Waals surface area contributed by atoms with Gasteiger partial charge in [0.25, 0.3) is 0 Å². The molecule has 2 aromatic rings. The van der Waals surface area contributed by atoms with Crippen LogP contribution in [0.5, 0.6) is 5.75 Å². The molecular formula is C40H57ClO10. The SMILES string of the molecule is CCCCO[C@@H]1[C@@H](OCCCC)[C@@]2(c3ccc(Cl)c(Cc4ccc(OCC)cc4)c3)OC[C@](C(=O)OCOC(=O)C(C)(C)C)(O2)[C@H]1OCCCC. The van der Waals surface area contributed by atoms with Gasteiger partial charge in [-0.1, -0.05) is 69.8 Å². The summed E-state index contributed by atoms with van der Waals surface area (Å²) in [5, 5.41) is 0.573. The molecule has 0 amide bonds. The molecule has 284 valence electrons. The summed E-state index contributed by atoms with van der Waals surface area (Å²) < 4.78 is 50.0. The number of carbonyl (C=O) groups is 2. The van der Waals surface area contributed by atoms with Crippen molar-refractivity contribution in [3.05, 3.63) is 64.2 Å². The fourth-order valence-corrected chi connectivity index (χ4v) is 6.35. The monoisotopic (exact) mass is 732 g/mol. The minimum Gasteiger partial charge on any atom is -0.494 e. The van der Waals surface area contributed by atoms with E-state index in [2.05, 4.69) is 20.8 Å². The fourth-order valence-electron chi connectivity index (χ4n) is 6.16. The molecule has 0 saturated carbocycles. The van der Waals surface area contributed by atoms with Crippen molar-refractivity contribution >= 4 is 23.5 Å². The van der Waals surface area contributed by atoms with Crippen LogP contribution in [0.2, 0.25) is 5.02 Å². The molecule has 0 N–H and O–H groups in total. The van der Waals surface area contributed by atoms with Crippen molar-refractivity contribution < 1.29 is 47.5 Å². The highest BCUT2D eigenvalue weighted by Gasteiger charge is 2.73. The lowest BCUT2D eigenvalue weighted by Crippen LogP contribution is -2.69. The quantitative estimate of drug-likeness (QED) is 0.0757. The van der Waals surface area contributed by atoms with Gasteiger partial charge in [-0.15, -0.1) is 0 Å². The van der Waals surface area contributed by atoms with Crippen LogP contribution in [0.3, 0.4) is 0 Å². The Morgan fingerprint density at radius 3 is 2.08 bits per heavy atom. The van der Waals surface area contributed by atoms with Crippen LogP contribution in [0.4, 0.5) is 0 Å². The third-order valence-electron chi connectivity index (χ3n) is 9.08. The molecule has 2 fully saturated rings. The maximum atomic E-state index is 14.3. The number of hydrogen-bond acceptors (Lipinski definition) is 10. The number of hydrogen-bond donors (Lipinski definition) is 0. The summed E-state index contributed by atoms with van der Waals surface area (Å²) in [4.78, 5) is 26.8. The number of unbranched alkanes of at least 4 members (excludes halogenated alkanes) is 3. The molecule has 11 heteroatoms. The summed E-state index contributed by atoms with van der Waals surface area (Å²) in [6.45, 7) is 14.4. The second kappa shape index (κ2) is 18.9. The molecule has 4 rings (SSSR count). The second-order valence-electron chi connectivity index (χ2n) is 14.2. The Bertz CT molecular complexity index is 1410. The van der Waals surface area contributed by atoms with Crippen LogP contribution in [0.25, 0.3) is 0 Å². The predicted octanol–water partition coefficient (Wildman–Crippen LogP) is 7.93. The number of benzene rings is 2. The average molecular weight is 733 g/mol. The van der Waals surface area contributed by atoms with Gasteiger partial charge in [-0.3, -0.25) is 4.79 Å². The van der Waals surface area contributed by atoms with E-state index in [4.69, 9.17) is 49.5 Å². The summed E-state index contributed by atoms with van der Waals surface area (Å²) in [5.41, 5.74) is -0.0263. The highest BCUT2D eigenvalue weighted by atomic mass is 35.5. The first-order chi connectivity index (χ1) is 24.5. The molecule has 0 aromatic heterocycles. The minimum absolute atomic E-state index is 0.200. The van der Waals surface area contributed by atoms with Crippen LogP contribution in [-0.4, -0.2) is 75.7 Å². The maximum Gasteiger partial charge on any atom is 0.346 e. The van der Waals surface area contributed by atoms with Gasteiger partial charge in [0.1, 0.15) is 24.1 Å². The Morgan fingerprint density at radius 1 is 0.843 bits per heavy atom. The molecule has 0 radical (unpaired) electrons. The van der Waals surface area contributed by atoms with Gasteiger partial charge in [-0.25, -0.2) is 4.79 Å². The number of halogens is 1. The van der Waals surface area contributed by atoms with Crippen molar-refractivity contribution in [1.29, 1.82) is 0 Å². The smallest absolute Gasteiger partial charge is 0.346 e. The lowest BCUT2D eigenvalue weighted by atomic mass is 9.82. The zero-order valence-corrected chi connectivity index (χ0v) is 32.2. The number of esters is 2. The van der Waals surface area contributed by atoms with E-state index in [-0.39, 0.29) is 6.61 Å². The van der Waals surface area contributed by atoms with Gasteiger partial charge < -0.3 is 37.9 Å². The van der Waals surface area contributed by atoms with Crippen LogP contribution in [0.1, 0.15) is 104 Å². The van der Waals surface area contributed by atoms with Crippen molar-refractivity contribution in [2.75, 3.05) is 39.8 Å². The minimum atomic E-state index is -1.75. The molecule has 0 spiro atoms. The summed E-state index contributed by atoms with van der Waals surface area (Å²) in [6.07, 6.45) is 3.06. The summed E-state index contributed by atoms with van der Waals surface area (Å²) in [5.74, 6) is -2.05. The molecule has 2 saturated heterocycles. The molecule has 51 heavy (non-hydrogen) atoms. The normalized spacial score (nSPS) is 24.4. The molecular weight excluding hydrogens is 676 g/mol. The predicted molar refractivity (Wildman–Crippen MR) is 194 cm³/mol. The van der Waals surface area contributed by atoms with E-state index in [0.717, 1.165) is 55.4 Å². The topological polar surface area (TPSA) is 108 Å². The largest absolute Gasteiger partial charge is 0.494 e. The van der Waals surface area contributed by atoms with Crippen molar-refractivity contribution in [2.45, 2.75) is 123 Å². The highest BCUT2D eigenvalue weighted by Crippen LogP contribution is 2.53. The van der Waals surface area contributed by atoms with Crippen molar-refractivity contribution in [1.82, 2.24) is 0 Å². The molecule has 0 unspecified atom stereocenters. The van der Waals surface area contributed by atoms with Crippen molar-refractivity contribution in [2.24, 2.45) is 5.41 Å². The third-order valence-corrected chi connectivity index (χ3v) is 9.45. The van der Waals surface area contributed by atoms with Crippen LogP contribution >= 0.6 is 11.6 Å². The number of carbonyl (C=O) groups excluding carboxylic acids is 2. The molecule has 2 heterocycles. The Labute approximate surface area is 308 Å². The molecule has 2 aliphatic rings. The van der Waals surface area contributed by atoms with Gasteiger partial charge >= 0.3 is 11.9 Å². The molecule has 0 aliphatic carbocycles. The fraction of sp³-hybridized carbons (Fsp3) is 0.650. The highest BCUT2D eigenvalue weighted by molar-refractivity contribution is 6.31. The first-order valence-corrected chi connectivity index (χ1v) is 18.9. The van der Waals surface area contributed by atoms with Crippen LogP contribution < -0.4 is 4.74 Å². The van der Waals surface area contributed by atoms with Crippen molar-refractivity contribution in [3.63, 3.8) is 0 Å². The van der Waals surface area contributed by atoms with Crippen LogP contribution in [0.15, 0.2) is 42.5 Å². The molecule has 2 aliphatic heterocycles. The number of fused-ring (bicyclic) bond motifs is 2. The third kappa shape index (κ3) is 9.83. The van der Waals surface area contributed by atoms with E-state index in [9.17, 15) is 9.59 Å². The van der Waals surface area contributed by atoms with Gasteiger partial charge in [0.2, 0.25) is 18.2 Å². The Hall–Kier alpha value is -2.73. The summed E-state index contributed by atoms with van der Waals surface area (Å²) in [6, 6.07) is 13.5. The lowest BCUT2D eigenvalue weighted by Gasteiger charge is -2.50. The zero-order chi connectivity index (χ0) is 37.1. The zero-order valence-electron chi connectivity index (χ0n) is 31.4. The number of rotatable bonds is 20. The van der Waals surface area contributed by atoms with Crippen LogP contribution in [-0.2, 0) is 55.0 Å². The van der Waals surface area contributed by atoms with Crippen molar-refractivity contribution in [3.8, 4) is 5.75 Å². The Morgan fingerprint density at radius 2 is 1.47 bits per heavy atom. The Balaban J connectivity index is 1.78. The maximum absolute atomic E-state index is 14.3. The van der Waals surface area contributed by atoms with Gasteiger partial charge in [-0.2, -0.15) is 0 Å². The molecule has 2 aromatic carbocycles. The molecule has 5 atom stereocenters.